The van der Waals surface area contributed by atoms with Crippen molar-refractivity contribution in [1.29, 1.82) is 0 Å². The summed E-state index contributed by atoms with van der Waals surface area (Å²) < 4.78 is 31.9. The number of Topliss-reactive ketones (excluding diaryl/α,β-unsaturated/α-hetero) is 1. The van der Waals surface area contributed by atoms with Gasteiger partial charge in [0, 0.05) is 11.8 Å². The Morgan fingerprint density at radius 2 is 1.67 bits per heavy atom. The highest BCUT2D eigenvalue weighted by molar-refractivity contribution is 7.91. The van der Waals surface area contributed by atoms with Crippen molar-refractivity contribution in [3.05, 3.63) is 17.7 Å². The highest BCUT2D eigenvalue weighted by atomic mass is 32.2. The van der Waals surface area contributed by atoms with E-state index in [0.29, 0.717) is 0 Å². The minimum atomic E-state index is -3.41. The van der Waals surface area contributed by atoms with E-state index in [1.54, 1.807) is 0 Å². The van der Waals surface area contributed by atoms with E-state index in [-0.39, 0.29) is 22.8 Å². The molecule has 1 N–H and O–H groups in total. The maximum absolute atomic E-state index is 11.7. The second kappa shape index (κ2) is 5.26. The lowest BCUT2D eigenvalue weighted by molar-refractivity contribution is 0.102. The topological polar surface area (TPSA) is 89.9 Å². The quantitative estimate of drug-likeness (QED) is 0.792. The third-order valence-electron chi connectivity index (χ3n) is 2.20. The highest BCUT2D eigenvalue weighted by Crippen LogP contribution is 2.37. The van der Waals surface area contributed by atoms with Crippen molar-refractivity contribution < 1.29 is 27.8 Å². The molecule has 0 aliphatic carbocycles. The predicted molar refractivity (Wildman–Crippen MR) is 65.3 cm³/mol. The van der Waals surface area contributed by atoms with Crippen LogP contribution in [0.5, 0.6) is 17.2 Å². The summed E-state index contributed by atoms with van der Waals surface area (Å²) in [6, 6.07) is 2.54. The zero-order valence-corrected chi connectivity index (χ0v) is 11.1. The van der Waals surface area contributed by atoms with Gasteiger partial charge >= 0.3 is 0 Å². The molecule has 1 rings (SSSR count). The number of ether oxygens (including phenoxy) is 2. The number of aromatic hydroxyl groups is 1. The molecule has 0 saturated heterocycles. The SMILES string of the molecule is COc1cc(C(=O)CS(C)(=O)=O)cc(OC)c1O. The summed E-state index contributed by atoms with van der Waals surface area (Å²) in [5.74, 6) is -1.34. The molecule has 0 aromatic heterocycles. The molecule has 0 amide bonds. The maximum atomic E-state index is 11.7. The molecule has 0 aliphatic heterocycles. The number of sulfone groups is 1. The first-order chi connectivity index (χ1) is 8.28. The number of hydrogen-bond donors (Lipinski definition) is 1. The van der Waals surface area contributed by atoms with Crippen LogP contribution in [0.2, 0.25) is 0 Å². The largest absolute Gasteiger partial charge is 0.502 e. The third kappa shape index (κ3) is 3.36. The molecule has 0 spiro atoms. The number of carbonyl (C=O) groups excluding carboxylic acids is 1. The first-order valence-corrected chi connectivity index (χ1v) is 7.00. The van der Waals surface area contributed by atoms with Gasteiger partial charge < -0.3 is 14.6 Å². The number of phenolic OH excluding ortho intramolecular Hbond substituents is 1. The summed E-state index contributed by atoms with van der Waals surface area (Å²) in [7, 11) is -0.777. The summed E-state index contributed by atoms with van der Waals surface area (Å²) in [4.78, 5) is 11.7. The highest BCUT2D eigenvalue weighted by Gasteiger charge is 2.18. The Morgan fingerprint density at radius 3 is 2.00 bits per heavy atom. The van der Waals surface area contributed by atoms with Gasteiger partial charge in [0.2, 0.25) is 5.75 Å². The molecule has 1 aromatic carbocycles. The zero-order valence-electron chi connectivity index (χ0n) is 10.3. The predicted octanol–water partition coefficient (Wildman–Crippen LogP) is 0.637. The molecule has 0 atom stereocenters. The van der Waals surface area contributed by atoms with Crippen LogP contribution in [0.25, 0.3) is 0 Å². The third-order valence-corrected chi connectivity index (χ3v) is 2.98. The first kappa shape index (κ1) is 14.3. The molecule has 18 heavy (non-hydrogen) atoms. The minimum absolute atomic E-state index is 0.0474. The normalized spacial score (nSPS) is 11.1. The number of benzene rings is 1. The zero-order chi connectivity index (χ0) is 13.9. The van der Waals surface area contributed by atoms with Gasteiger partial charge in [-0.05, 0) is 12.1 Å². The van der Waals surface area contributed by atoms with E-state index in [0.717, 1.165) is 6.26 Å². The van der Waals surface area contributed by atoms with Crippen LogP contribution in [0.1, 0.15) is 10.4 Å². The van der Waals surface area contributed by atoms with Crippen molar-refractivity contribution in [2.24, 2.45) is 0 Å². The van der Waals surface area contributed by atoms with E-state index < -0.39 is 21.4 Å². The fourth-order valence-corrected chi connectivity index (χ4v) is 2.02. The Morgan fingerprint density at radius 1 is 1.22 bits per heavy atom. The molecule has 0 fully saturated rings. The molecule has 100 valence electrons. The van der Waals surface area contributed by atoms with Crippen LogP contribution >= 0.6 is 0 Å². The molecule has 6 nitrogen and oxygen atoms in total. The number of ketones is 1. The number of methoxy groups -OCH3 is 2. The summed E-state index contributed by atoms with van der Waals surface area (Å²) in [5, 5.41) is 9.65. The van der Waals surface area contributed by atoms with Crippen molar-refractivity contribution in [2.45, 2.75) is 0 Å². The number of carbonyl (C=O) groups is 1. The number of hydrogen-bond acceptors (Lipinski definition) is 6. The Labute approximate surface area is 105 Å². The van der Waals surface area contributed by atoms with Crippen LogP contribution in [0.3, 0.4) is 0 Å². The molecule has 0 aliphatic rings. The summed E-state index contributed by atoms with van der Waals surface area (Å²) >= 11 is 0. The van der Waals surface area contributed by atoms with Gasteiger partial charge in [0.25, 0.3) is 0 Å². The fourth-order valence-electron chi connectivity index (χ4n) is 1.38. The van der Waals surface area contributed by atoms with Gasteiger partial charge in [0.15, 0.2) is 27.1 Å². The van der Waals surface area contributed by atoms with E-state index in [4.69, 9.17) is 9.47 Å². The van der Waals surface area contributed by atoms with Crippen molar-refractivity contribution in [2.75, 3.05) is 26.2 Å². The summed E-state index contributed by atoms with van der Waals surface area (Å²) in [5.41, 5.74) is 0.104. The van der Waals surface area contributed by atoms with Crippen molar-refractivity contribution >= 4 is 15.6 Å². The molecule has 1 aromatic rings. The van der Waals surface area contributed by atoms with Gasteiger partial charge in [0.05, 0.1) is 14.2 Å². The van der Waals surface area contributed by atoms with Crippen molar-refractivity contribution in [3.8, 4) is 17.2 Å². The van der Waals surface area contributed by atoms with E-state index in [2.05, 4.69) is 0 Å². The smallest absolute Gasteiger partial charge is 0.200 e. The van der Waals surface area contributed by atoms with Gasteiger partial charge in [-0.3, -0.25) is 4.79 Å². The van der Waals surface area contributed by atoms with Gasteiger partial charge in [-0.25, -0.2) is 8.42 Å². The van der Waals surface area contributed by atoms with E-state index in [1.165, 1.54) is 26.4 Å². The van der Waals surface area contributed by atoms with E-state index >= 15 is 0 Å². The lowest BCUT2D eigenvalue weighted by atomic mass is 10.1. The molecule has 0 radical (unpaired) electrons. The average molecular weight is 274 g/mol. The van der Waals surface area contributed by atoms with Crippen LogP contribution in [-0.2, 0) is 9.84 Å². The first-order valence-electron chi connectivity index (χ1n) is 4.94. The lowest BCUT2D eigenvalue weighted by Crippen LogP contribution is -2.14. The Hall–Kier alpha value is -1.76. The Bertz CT molecular complexity index is 536. The minimum Gasteiger partial charge on any atom is -0.502 e. The Kier molecular flexibility index (Phi) is 4.18. The molecule has 0 saturated carbocycles. The van der Waals surface area contributed by atoms with Crippen LogP contribution < -0.4 is 9.47 Å². The van der Waals surface area contributed by atoms with Gasteiger partial charge in [0.1, 0.15) is 5.75 Å². The number of rotatable bonds is 5. The standard InChI is InChI=1S/C11H14O6S/c1-16-9-4-7(5-10(17-2)11(9)13)8(12)6-18(3,14)15/h4-5,13H,6H2,1-3H3. The van der Waals surface area contributed by atoms with E-state index in [1.807, 2.05) is 0 Å². The molecule has 0 bridgehead atoms. The molecule has 0 unspecified atom stereocenters. The summed E-state index contributed by atoms with van der Waals surface area (Å²) in [6.45, 7) is 0. The second-order valence-corrected chi connectivity index (χ2v) is 5.86. The molecule has 0 heterocycles. The van der Waals surface area contributed by atoms with E-state index in [9.17, 15) is 18.3 Å². The van der Waals surface area contributed by atoms with Gasteiger partial charge in [-0.2, -0.15) is 0 Å². The van der Waals surface area contributed by atoms with Crippen molar-refractivity contribution in [3.63, 3.8) is 0 Å². The molecular formula is C11H14O6S. The van der Waals surface area contributed by atoms with Crippen LogP contribution in [0.4, 0.5) is 0 Å². The monoisotopic (exact) mass is 274 g/mol. The number of phenols is 1. The summed E-state index contributed by atoms with van der Waals surface area (Å²) in [6.07, 6.45) is 0.972. The maximum Gasteiger partial charge on any atom is 0.200 e. The second-order valence-electron chi connectivity index (χ2n) is 3.72. The van der Waals surface area contributed by atoms with Gasteiger partial charge in [-0.1, -0.05) is 0 Å². The van der Waals surface area contributed by atoms with Gasteiger partial charge in [-0.15, -0.1) is 0 Å². The van der Waals surface area contributed by atoms with Crippen LogP contribution in [0.15, 0.2) is 12.1 Å². The fraction of sp³-hybridized carbons (Fsp3) is 0.364. The van der Waals surface area contributed by atoms with Crippen LogP contribution in [-0.4, -0.2) is 45.5 Å². The molecular weight excluding hydrogens is 260 g/mol. The van der Waals surface area contributed by atoms with Crippen LogP contribution in [0, 0.1) is 0 Å². The van der Waals surface area contributed by atoms with Crippen molar-refractivity contribution in [1.82, 2.24) is 0 Å². The molecule has 7 heteroatoms. The average Bonchev–Trinajstić information content (AvgIpc) is 2.27. The Balaban J connectivity index is 3.21. The lowest BCUT2D eigenvalue weighted by Gasteiger charge is -2.10.